The lowest BCUT2D eigenvalue weighted by Gasteiger charge is -2.14. The molecule has 6 nitrogen and oxygen atoms in total. The molecule has 0 aliphatic heterocycles. The molecule has 1 unspecified atom stereocenters. The van der Waals surface area contributed by atoms with E-state index in [0.717, 1.165) is 25.0 Å². The van der Waals surface area contributed by atoms with Crippen LogP contribution in [0.3, 0.4) is 0 Å². The zero-order valence-corrected chi connectivity index (χ0v) is 13.2. The lowest BCUT2D eigenvalue weighted by Crippen LogP contribution is -2.28. The Balaban J connectivity index is 1.54. The number of halogens is 2. The molecule has 2 aromatic rings. The van der Waals surface area contributed by atoms with Crippen LogP contribution in [0.5, 0.6) is 0 Å². The summed E-state index contributed by atoms with van der Waals surface area (Å²) in [5.41, 5.74) is 0.505. The summed E-state index contributed by atoms with van der Waals surface area (Å²) in [6.45, 7) is 1.71. The molecule has 1 heterocycles. The van der Waals surface area contributed by atoms with Gasteiger partial charge in [-0.15, -0.1) is 5.10 Å². The topological polar surface area (TPSA) is 72.7 Å². The van der Waals surface area contributed by atoms with Crippen LogP contribution in [0.25, 0.3) is 0 Å². The van der Waals surface area contributed by atoms with E-state index < -0.39 is 17.7 Å². The van der Waals surface area contributed by atoms with Crippen molar-refractivity contribution in [1.29, 1.82) is 0 Å². The van der Waals surface area contributed by atoms with Gasteiger partial charge in [0.2, 0.25) is 11.1 Å². The van der Waals surface area contributed by atoms with Gasteiger partial charge in [0.05, 0.1) is 17.8 Å². The number of nitrogens with zero attached hydrogens (tertiary/aromatic N) is 4. The van der Waals surface area contributed by atoms with Gasteiger partial charge in [-0.1, -0.05) is 17.8 Å². The van der Waals surface area contributed by atoms with Crippen LogP contribution in [0.1, 0.15) is 37.4 Å². The minimum atomic E-state index is -0.929. The Morgan fingerprint density at radius 1 is 1.43 bits per heavy atom. The van der Waals surface area contributed by atoms with E-state index in [1.54, 1.807) is 11.6 Å². The molecule has 1 fully saturated rings. The molecule has 1 saturated carbocycles. The van der Waals surface area contributed by atoms with Gasteiger partial charge in [0.15, 0.2) is 11.6 Å². The van der Waals surface area contributed by atoms with Gasteiger partial charge in [-0.3, -0.25) is 4.79 Å². The van der Waals surface area contributed by atoms with E-state index in [1.165, 1.54) is 17.8 Å². The summed E-state index contributed by atoms with van der Waals surface area (Å²) in [6.07, 6.45) is 2.11. The highest BCUT2D eigenvalue weighted by Gasteiger charge is 2.28. The fraction of sp³-hybridized carbons (Fsp3) is 0.429. The maximum Gasteiger partial charge on any atom is 0.230 e. The average Bonchev–Trinajstić information content (AvgIpc) is 3.26. The number of thioether (sulfide) groups is 1. The minimum absolute atomic E-state index is 0.154. The van der Waals surface area contributed by atoms with Crippen LogP contribution in [0.15, 0.2) is 23.4 Å². The normalized spacial score (nSPS) is 15.4. The first-order valence-electron chi connectivity index (χ1n) is 7.19. The molecule has 0 radical (unpaired) electrons. The third kappa shape index (κ3) is 3.84. The average molecular weight is 339 g/mol. The Bertz CT molecular complexity index is 719. The number of benzene rings is 1. The standard InChI is InChI=1S/C14H15F2N5OS/c1-8(9-2-5-11(15)12(16)6-9)17-13(22)7-23-14-18-19-20-21(14)10-3-4-10/h2,5-6,8,10H,3-4,7H2,1H3,(H,17,22). The molecule has 0 saturated heterocycles. The Morgan fingerprint density at radius 2 is 2.22 bits per heavy atom. The number of rotatable bonds is 6. The Labute approximate surface area is 135 Å². The largest absolute Gasteiger partial charge is 0.349 e. The first-order valence-corrected chi connectivity index (χ1v) is 8.18. The van der Waals surface area contributed by atoms with E-state index in [0.29, 0.717) is 16.8 Å². The maximum atomic E-state index is 13.2. The molecule has 1 aromatic heterocycles. The van der Waals surface area contributed by atoms with E-state index in [9.17, 15) is 13.6 Å². The number of carbonyl (C=O) groups excluding carboxylic acids is 1. The maximum absolute atomic E-state index is 13.2. The summed E-state index contributed by atoms with van der Waals surface area (Å²) < 4.78 is 27.9. The van der Waals surface area contributed by atoms with Gasteiger partial charge < -0.3 is 5.32 Å². The van der Waals surface area contributed by atoms with E-state index in [2.05, 4.69) is 20.8 Å². The first-order chi connectivity index (χ1) is 11.0. The molecule has 1 aliphatic carbocycles. The first kappa shape index (κ1) is 15.9. The number of nitrogens with one attached hydrogen (secondary N) is 1. The molecule has 9 heteroatoms. The van der Waals surface area contributed by atoms with Crippen LogP contribution >= 0.6 is 11.8 Å². The zero-order valence-electron chi connectivity index (χ0n) is 12.4. The van der Waals surface area contributed by atoms with E-state index in [-0.39, 0.29) is 11.7 Å². The van der Waals surface area contributed by atoms with Crippen molar-refractivity contribution < 1.29 is 13.6 Å². The molecule has 1 N–H and O–H groups in total. The van der Waals surface area contributed by atoms with Crippen molar-refractivity contribution in [2.75, 3.05) is 5.75 Å². The van der Waals surface area contributed by atoms with Gasteiger partial charge in [0, 0.05) is 0 Å². The second-order valence-electron chi connectivity index (χ2n) is 5.39. The van der Waals surface area contributed by atoms with Crippen LogP contribution < -0.4 is 5.32 Å². The fourth-order valence-electron chi connectivity index (χ4n) is 2.11. The third-order valence-corrected chi connectivity index (χ3v) is 4.44. The van der Waals surface area contributed by atoms with Gasteiger partial charge in [0.25, 0.3) is 0 Å². The monoisotopic (exact) mass is 339 g/mol. The summed E-state index contributed by atoms with van der Waals surface area (Å²) in [6, 6.07) is 3.51. The Hall–Kier alpha value is -2.03. The number of tetrazole rings is 1. The van der Waals surface area contributed by atoms with E-state index >= 15 is 0 Å². The van der Waals surface area contributed by atoms with Crippen LogP contribution in [-0.4, -0.2) is 31.9 Å². The van der Waals surface area contributed by atoms with Crippen LogP contribution in [0.2, 0.25) is 0 Å². The van der Waals surface area contributed by atoms with E-state index in [4.69, 9.17) is 0 Å². The van der Waals surface area contributed by atoms with Crippen molar-refractivity contribution in [3.05, 3.63) is 35.4 Å². The SMILES string of the molecule is CC(NC(=O)CSc1nnnn1C1CC1)c1ccc(F)c(F)c1. The van der Waals surface area contributed by atoms with Crippen molar-refractivity contribution in [2.24, 2.45) is 0 Å². The second kappa shape index (κ2) is 6.61. The highest BCUT2D eigenvalue weighted by Crippen LogP contribution is 2.36. The van der Waals surface area contributed by atoms with E-state index in [1.807, 2.05) is 0 Å². The van der Waals surface area contributed by atoms with Crippen molar-refractivity contribution in [3.63, 3.8) is 0 Å². The van der Waals surface area contributed by atoms with Gasteiger partial charge >= 0.3 is 0 Å². The summed E-state index contributed by atoms with van der Waals surface area (Å²) in [7, 11) is 0. The third-order valence-electron chi connectivity index (χ3n) is 3.51. The molecule has 1 atom stereocenters. The molecule has 3 rings (SSSR count). The second-order valence-corrected chi connectivity index (χ2v) is 6.33. The molecule has 23 heavy (non-hydrogen) atoms. The van der Waals surface area contributed by atoms with Crippen molar-refractivity contribution in [1.82, 2.24) is 25.5 Å². The van der Waals surface area contributed by atoms with Crippen LogP contribution in [0.4, 0.5) is 8.78 Å². The minimum Gasteiger partial charge on any atom is -0.349 e. The van der Waals surface area contributed by atoms with Crippen molar-refractivity contribution in [3.8, 4) is 0 Å². The van der Waals surface area contributed by atoms with Crippen LogP contribution in [0, 0.1) is 11.6 Å². The molecule has 0 spiro atoms. The highest BCUT2D eigenvalue weighted by atomic mass is 32.2. The molecule has 1 amide bonds. The number of amides is 1. The van der Waals surface area contributed by atoms with Gasteiger partial charge in [0.1, 0.15) is 0 Å². The van der Waals surface area contributed by atoms with Gasteiger partial charge in [-0.25, -0.2) is 13.5 Å². The van der Waals surface area contributed by atoms with Crippen molar-refractivity contribution in [2.45, 2.75) is 37.0 Å². The lowest BCUT2D eigenvalue weighted by molar-refractivity contribution is -0.119. The summed E-state index contributed by atoms with van der Waals surface area (Å²) in [4.78, 5) is 12.0. The Morgan fingerprint density at radius 3 is 2.91 bits per heavy atom. The van der Waals surface area contributed by atoms with Crippen LogP contribution in [-0.2, 0) is 4.79 Å². The molecule has 122 valence electrons. The molecular weight excluding hydrogens is 324 g/mol. The number of carbonyl (C=O) groups is 1. The van der Waals surface area contributed by atoms with Crippen molar-refractivity contribution >= 4 is 17.7 Å². The summed E-state index contributed by atoms with van der Waals surface area (Å²) in [5.74, 6) is -1.91. The highest BCUT2D eigenvalue weighted by molar-refractivity contribution is 7.99. The molecule has 1 aliphatic rings. The number of hydrogen-bond donors (Lipinski definition) is 1. The Kier molecular flexibility index (Phi) is 4.56. The molecule has 1 aromatic carbocycles. The molecule has 0 bridgehead atoms. The molecular formula is C14H15F2N5OS. The predicted molar refractivity (Wildman–Crippen MR) is 79.7 cm³/mol. The number of hydrogen-bond acceptors (Lipinski definition) is 5. The van der Waals surface area contributed by atoms with Gasteiger partial charge in [-0.2, -0.15) is 0 Å². The zero-order chi connectivity index (χ0) is 16.4. The fourth-order valence-corrected chi connectivity index (χ4v) is 2.86. The lowest BCUT2D eigenvalue weighted by atomic mass is 10.1. The summed E-state index contributed by atoms with van der Waals surface area (Å²) in [5, 5.41) is 14.8. The summed E-state index contributed by atoms with van der Waals surface area (Å²) >= 11 is 1.25. The quantitative estimate of drug-likeness (QED) is 0.817. The van der Waals surface area contributed by atoms with Gasteiger partial charge in [-0.05, 0) is 47.9 Å². The predicted octanol–water partition coefficient (Wildman–Crippen LogP) is 2.26. The smallest absolute Gasteiger partial charge is 0.230 e. The number of aromatic nitrogens is 4.